The number of hydrogen-bond acceptors (Lipinski definition) is 6. The third-order valence-corrected chi connectivity index (χ3v) is 6.33. The number of sulfone groups is 1. The van der Waals surface area contributed by atoms with Crippen molar-refractivity contribution in [2.24, 2.45) is 0 Å². The number of anilines is 1. The van der Waals surface area contributed by atoms with Gasteiger partial charge in [-0.1, -0.05) is 29.8 Å². The first-order chi connectivity index (χ1) is 13.5. The van der Waals surface area contributed by atoms with E-state index in [2.05, 4.69) is 20.3 Å². The highest BCUT2D eigenvalue weighted by Gasteiger charge is 2.13. The molecule has 0 bridgehead atoms. The number of hydrogen-bond donors (Lipinski definition) is 2. The number of nitrogen functional groups attached to an aromatic ring is 1. The second-order valence-corrected chi connectivity index (χ2v) is 8.92. The van der Waals surface area contributed by atoms with Crippen LogP contribution in [-0.4, -0.2) is 39.1 Å². The molecular formula is C19H26N6O2S. The van der Waals surface area contributed by atoms with Gasteiger partial charge in [-0.15, -0.1) is 5.10 Å². The maximum Gasteiger partial charge on any atom is 0.197 e. The average molecular weight is 403 g/mol. The lowest BCUT2D eigenvalue weighted by Crippen LogP contribution is -2.10. The van der Waals surface area contributed by atoms with E-state index >= 15 is 0 Å². The van der Waals surface area contributed by atoms with E-state index in [1.165, 1.54) is 0 Å². The first kappa shape index (κ1) is 20.1. The quantitative estimate of drug-likeness (QED) is 0.475. The van der Waals surface area contributed by atoms with Gasteiger partial charge in [0.05, 0.1) is 22.5 Å². The van der Waals surface area contributed by atoms with Crippen molar-refractivity contribution < 1.29 is 8.42 Å². The Kier molecular flexibility index (Phi) is 6.80. The van der Waals surface area contributed by atoms with E-state index in [9.17, 15) is 8.42 Å². The van der Waals surface area contributed by atoms with E-state index < -0.39 is 9.84 Å². The number of nitrogens with one attached hydrogen (secondary N) is 1. The lowest BCUT2D eigenvalue weighted by atomic mass is 10.1. The van der Waals surface area contributed by atoms with Crippen LogP contribution in [0.5, 0.6) is 0 Å². The summed E-state index contributed by atoms with van der Waals surface area (Å²) in [6.45, 7) is 0.542. The number of H-pyrrole nitrogens is 1. The van der Waals surface area contributed by atoms with Crippen molar-refractivity contribution >= 4 is 15.8 Å². The number of rotatable bonds is 11. The fourth-order valence-corrected chi connectivity index (χ4v) is 4.34. The lowest BCUT2D eigenvalue weighted by Gasteiger charge is -2.04. The number of nitrogens with zero attached hydrogens (tertiary/aromatic N) is 4. The Hall–Kier alpha value is -2.68. The molecule has 3 N–H and O–H groups in total. The number of benzene rings is 1. The molecule has 0 fully saturated rings. The molecule has 0 saturated carbocycles. The molecular weight excluding hydrogens is 376 g/mol. The monoisotopic (exact) mass is 402 g/mol. The second-order valence-electron chi connectivity index (χ2n) is 6.81. The van der Waals surface area contributed by atoms with Crippen molar-refractivity contribution in [1.29, 1.82) is 0 Å². The molecule has 3 aromatic rings. The summed E-state index contributed by atoms with van der Waals surface area (Å²) in [7, 11) is -3.24. The van der Waals surface area contributed by atoms with Crippen molar-refractivity contribution in [1.82, 2.24) is 25.0 Å². The second kappa shape index (κ2) is 9.50. The van der Waals surface area contributed by atoms with Gasteiger partial charge in [0.2, 0.25) is 0 Å². The topological polar surface area (TPSA) is 120 Å². The number of aryl methyl sites for hydroxylation is 3. The van der Waals surface area contributed by atoms with Crippen LogP contribution in [0.4, 0.5) is 5.95 Å². The van der Waals surface area contributed by atoms with E-state index in [0.29, 0.717) is 23.8 Å². The highest BCUT2D eigenvalue weighted by atomic mass is 32.2. The van der Waals surface area contributed by atoms with Gasteiger partial charge in [-0.3, -0.25) is 4.68 Å². The summed E-state index contributed by atoms with van der Waals surface area (Å²) in [4.78, 5) is 7.38. The van der Waals surface area contributed by atoms with E-state index in [4.69, 9.17) is 5.73 Å². The normalized spacial score (nSPS) is 11.7. The number of aromatic amines is 1. The predicted molar refractivity (Wildman–Crippen MR) is 107 cm³/mol. The molecule has 0 saturated heterocycles. The van der Waals surface area contributed by atoms with Gasteiger partial charge < -0.3 is 10.7 Å². The van der Waals surface area contributed by atoms with Crippen LogP contribution in [0, 0.1) is 0 Å². The van der Waals surface area contributed by atoms with Crippen LogP contribution in [0.25, 0.3) is 0 Å². The van der Waals surface area contributed by atoms with Gasteiger partial charge in [0.15, 0.2) is 15.8 Å². The maximum absolute atomic E-state index is 12.3. The van der Waals surface area contributed by atoms with E-state index in [-0.39, 0.29) is 5.75 Å². The molecule has 0 radical (unpaired) electrons. The maximum atomic E-state index is 12.3. The molecule has 0 atom stereocenters. The standard InChI is InChI=1S/C19H26N6O2S/c20-19-21-14-16(22-19)8-3-1-4-9-17-15-25(24-23-17)12-7-13-28(26,27)18-10-5-2-6-11-18/h2,5-6,10-11,14-15H,1,3-4,7-9,12-13H2,(H3,20,21,22). The molecule has 28 heavy (non-hydrogen) atoms. The Morgan fingerprint density at radius 1 is 1.04 bits per heavy atom. The van der Waals surface area contributed by atoms with Gasteiger partial charge in [-0.05, 0) is 44.2 Å². The molecule has 8 nitrogen and oxygen atoms in total. The Balaban J connectivity index is 1.35. The van der Waals surface area contributed by atoms with Gasteiger partial charge in [0.1, 0.15) is 0 Å². The molecule has 150 valence electrons. The van der Waals surface area contributed by atoms with Crippen molar-refractivity contribution in [3.63, 3.8) is 0 Å². The van der Waals surface area contributed by atoms with Crippen molar-refractivity contribution in [2.45, 2.75) is 50.0 Å². The summed E-state index contributed by atoms with van der Waals surface area (Å²) >= 11 is 0. The largest absolute Gasteiger partial charge is 0.369 e. The highest BCUT2D eigenvalue weighted by Crippen LogP contribution is 2.12. The molecule has 0 aliphatic heterocycles. The number of nitrogens with two attached hydrogens (primary N) is 1. The van der Waals surface area contributed by atoms with Gasteiger partial charge in [0, 0.05) is 18.4 Å². The van der Waals surface area contributed by atoms with Crippen molar-refractivity contribution in [3.8, 4) is 0 Å². The fraction of sp³-hybridized carbons (Fsp3) is 0.421. The van der Waals surface area contributed by atoms with Crippen LogP contribution in [0.1, 0.15) is 37.1 Å². The Morgan fingerprint density at radius 2 is 1.82 bits per heavy atom. The average Bonchev–Trinajstić information content (AvgIpc) is 3.31. The van der Waals surface area contributed by atoms with Crippen molar-refractivity contribution in [3.05, 3.63) is 54.1 Å². The van der Waals surface area contributed by atoms with Crippen LogP contribution >= 0.6 is 0 Å². The summed E-state index contributed by atoms with van der Waals surface area (Å²) in [5.41, 5.74) is 7.56. The van der Waals surface area contributed by atoms with E-state index in [0.717, 1.165) is 43.5 Å². The van der Waals surface area contributed by atoms with Crippen LogP contribution in [0.3, 0.4) is 0 Å². The summed E-state index contributed by atoms with van der Waals surface area (Å²) in [5, 5.41) is 8.28. The third-order valence-electron chi connectivity index (χ3n) is 4.52. The Labute approximate surface area is 165 Å². The van der Waals surface area contributed by atoms with Gasteiger partial charge in [-0.2, -0.15) is 0 Å². The molecule has 0 aliphatic rings. The number of unbranched alkanes of at least 4 members (excludes halogenated alkanes) is 2. The molecule has 0 unspecified atom stereocenters. The minimum absolute atomic E-state index is 0.102. The summed E-state index contributed by atoms with van der Waals surface area (Å²) in [6, 6.07) is 8.54. The summed E-state index contributed by atoms with van der Waals surface area (Å²) in [6.07, 6.45) is 9.18. The minimum atomic E-state index is -3.24. The smallest absolute Gasteiger partial charge is 0.197 e. The molecule has 0 spiro atoms. The van der Waals surface area contributed by atoms with E-state index in [1.807, 2.05) is 12.3 Å². The first-order valence-electron chi connectivity index (χ1n) is 9.49. The molecule has 1 aromatic carbocycles. The zero-order valence-electron chi connectivity index (χ0n) is 15.8. The van der Waals surface area contributed by atoms with Crippen molar-refractivity contribution in [2.75, 3.05) is 11.5 Å². The van der Waals surface area contributed by atoms with Gasteiger partial charge in [-0.25, -0.2) is 13.4 Å². The number of aromatic nitrogens is 5. The molecule has 0 amide bonds. The SMILES string of the molecule is Nc1ncc(CCCCCc2cn(CCCS(=O)(=O)c3ccccc3)nn2)[nH]1. The zero-order chi connectivity index (χ0) is 19.8. The lowest BCUT2D eigenvalue weighted by molar-refractivity contribution is 0.561. The molecule has 2 heterocycles. The zero-order valence-corrected chi connectivity index (χ0v) is 16.6. The first-order valence-corrected chi connectivity index (χ1v) is 11.1. The van der Waals surface area contributed by atoms with Crippen LogP contribution in [0.2, 0.25) is 0 Å². The van der Waals surface area contributed by atoms with Crippen LogP contribution in [0.15, 0.2) is 47.6 Å². The Bertz CT molecular complexity index is 965. The number of imidazole rings is 1. The fourth-order valence-electron chi connectivity index (χ4n) is 3.03. The van der Waals surface area contributed by atoms with E-state index in [1.54, 1.807) is 35.1 Å². The molecule has 9 heteroatoms. The third kappa shape index (κ3) is 5.91. The summed E-state index contributed by atoms with van der Waals surface area (Å²) in [5.74, 6) is 0.563. The summed E-state index contributed by atoms with van der Waals surface area (Å²) < 4.78 is 26.3. The van der Waals surface area contributed by atoms with Gasteiger partial charge >= 0.3 is 0 Å². The Morgan fingerprint density at radius 3 is 2.57 bits per heavy atom. The van der Waals surface area contributed by atoms with Gasteiger partial charge in [0.25, 0.3) is 0 Å². The minimum Gasteiger partial charge on any atom is -0.369 e. The van der Waals surface area contributed by atoms with Crippen LogP contribution < -0.4 is 5.73 Å². The van der Waals surface area contributed by atoms with Crippen LogP contribution in [-0.2, 0) is 29.2 Å². The molecule has 3 rings (SSSR count). The predicted octanol–water partition coefficient (Wildman–Crippen LogP) is 2.40. The molecule has 2 aromatic heterocycles. The highest BCUT2D eigenvalue weighted by molar-refractivity contribution is 7.91. The molecule has 0 aliphatic carbocycles.